The van der Waals surface area contributed by atoms with Crippen molar-refractivity contribution in [2.45, 2.75) is 45.4 Å². The van der Waals surface area contributed by atoms with Crippen LogP contribution >= 0.6 is 11.5 Å². The summed E-state index contributed by atoms with van der Waals surface area (Å²) in [6.45, 7) is 8.99. The molecule has 6 heteroatoms. The molecule has 0 aromatic carbocycles. The molecule has 1 fully saturated rings. The first-order chi connectivity index (χ1) is 9.93. The minimum absolute atomic E-state index is 0.113. The molecule has 0 saturated carbocycles. The largest absolute Gasteiger partial charge is 0.338 e. The van der Waals surface area contributed by atoms with Crippen LogP contribution in [0.5, 0.6) is 0 Å². The molecule has 1 saturated heterocycles. The van der Waals surface area contributed by atoms with Crippen molar-refractivity contribution in [3.05, 3.63) is 10.6 Å². The fraction of sp³-hybridized carbons (Fsp3) is 0.800. The lowest BCUT2D eigenvalue weighted by molar-refractivity contribution is 0.0689. The summed E-state index contributed by atoms with van der Waals surface area (Å²) in [7, 11) is 1.99. The molecule has 0 atom stereocenters. The number of carbonyl (C=O) groups excluding carboxylic acids is 1. The van der Waals surface area contributed by atoms with Crippen LogP contribution in [0.15, 0.2) is 0 Å². The normalized spacial score (nSPS) is 17.2. The predicted molar refractivity (Wildman–Crippen MR) is 85.8 cm³/mol. The van der Waals surface area contributed by atoms with E-state index in [1.165, 1.54) is 18.0 Å². The Morgan fingerprint density at radius 1 is 1.38 bits per heavy atom. The van der Waals surface area contributed by atoms with Crippen molar-refractivity contribution < 1.29 is 4.79 Å². The number of likely N-dealkylation sites (tertiary alicyclic amines) is 1. The van der Waals surface area contributed by atoms with E-state index in [-0.39, 0.29) is 11.3 Å². The SMILES string of the molecule is CNCCC1CCN(C(=O)c2snnc2C(C)(C)C)CC1. The third kappa shape index (κ3) is 4.01. The van der Waals surface area contributed by atoms with Crippen molar-refractivity contribution >= 4 is 17.4 Å². The van der Waals surface area contributed by atoms with Crippen LogP contribution in [0.2, 0.25) is 0 Å². The summed E-state index contributed by atoms with van der Waals surface area (Å²) in [4.78, 5) is 15.4. The minimum Gasteiger partial charge on any atom is -0.338 e. The zero-order valence-corrected chi connectivity index (χ0v) is 14.3. The second-order valence-electron chi connectivity index (χ2n) is 6.83. The quantitative estimate of drug-likeness (QED) is 0.927. The highest BCUT2D eigenvalue weighted by Gasteiger charge is 2.30. The van der Waals surface area contributed by atoms with Crippen LogP contribution in [0.4, 0.5) is 0 Å². The highest BCUT2D eigenvalue weighted by molar-refractivity contribution is 7.08. The standard InChI is InChI=1S/C15H26N4OS/c1-15(2,3)13-12(21-18-17-13)14(20)19-9-6-11(7-10-19)5-8-16-4/h11,16H,5-10H2,1-4H3. The van der Waals surface area contributed by atoms with Crippen LogP contribution in [0.1, 0.15) is 55.4 Å². The summed E-state index contributed by atoms with van der Waals surface area (Å²) in [5.41, 5.74) is 0.693. The van der Waals surface area contributed by atoms with Gasteiger partial charge in [0, 0.05) is 18.5 Å². The van der Waals surface area contributed by atoms with Gasteiger partial charge in [-0.1, -0.05) is 25.3 Å². The lowest BCUT2D eigenvalue weighted by Crippen LogP contribution is -2.39. The smallest absolute Gasteiger partial charge is 0.267 e. The van der Waals surface area contributed by atoms with E-state index >= 15 is 0 Å². The summed E-state index contributed by atoms with van der Waals surface area (Å²) in [6, 6.07) is 0. The molecule has 0 bridgehead atoms. The van der Waals surface area contributed by atoms with Crippen LogP contribution in [0.25, 0.3) is 0 Å². The number of hydrogen-bond donors (Lipinski definition) is 1. The second kappa shape index (κ2) is 6.83. The molecule has 0 radical (unpaired) electrons. The van der Waals surface area contributed by atoms with Gasteiger partial charge in [-0.05, 0) is 50.3 Å². The monoisotopic (exact) mass is 310 g/mol. The number of aromatic nitrogens is 2. The van der Waals surface area contributed by atoms with Crippen LogP contribution in [0, 0.1) is 5.92 Å². The molecule has 5 nitrogen and oxygen atoms in total. The Morgan fingerprint density at radius 2 is 2.05 bits per heavy atom. The Kier molecular flexibility index (Phi) is 5.32. The molecule has 2 rings (SSSR count). The first-order valence-corrected chi connectivity index (χ1v) is 8.47. The van der Waals surface area contributed by atoms with Gasteiger partial charge in [0.1, 0.15) is 4.88 Å². The van der Waals surface area contributed by atoms with E-state index in [4.69, 9.17) is 0 Å². The van der Waals surface area contributed by atoms with Crippen LogP contribution in [-0.2, 0) is 5.41 Å². The van der Waals surface area contributed by atoms with E-state index in [1.54, 1.807) is 0 Å². The zero-order valence-electron chi connectivity index (χ0n) is 13.5. The summed E-state index contributed by atoms with van der Waals surface area (Å²) < 4.78 is 4.00. The van der Waals surface area contributed by atoms with E-state index in [9.17, 15) is 4.79 Å². The fourth-order valence-corrected chi connectivity index (χ4v) is 3.58. The third-order valence-electron chi connectivity index (χ3n) is 4.10. The lowest BCUT2D eigenvalue weighted by atomic mass is 9.90. The van der Waals surface area contributed by atoms with Gasteiger partial charge in [-0.15, -0.1) is 5.10 Å². The first kappa shape index (κ1) is 16.4. The molecule has 2 heterocycles. The van der Waals surface area contributed by atoms with Crippen molar-refractivity contribution in [1.29, 1.82) is 0 Å². The van der Waals surface area contributed by atoms with Crippen molar-refractivity contribution in [3.8, 4) is 0 Å². The van der Waals surface area contributed by atoms with Crippen molar-refractivity contribution in [3.63, 3.8) is 0 Å². The molecule has 1 N–H and O–H groups in total. The summed E-state index contributed by atoms with van der Waals surface area (Å²) in [6.07, 6.45) is 3.41. The number of rotatable bonds is 4. The Labute approximate surface area is 131 Å². The average molecular weight is 310 g/mol. The van der Waals surface area contributed by atoms with E-state index in [0.717, 1.165) is 49.0 Å². The zero-order chi connectivity index (χ0) is 15.5. The Hall–Kier alpha value is -1.01. The molecule has 1 amide bonds. The minimum atomic E-state index is -0.136. The maximum atomic E-state index is 12.7. The van der Waals surface area contributed by atoms with Gasteiger partial charge in [-0.2, -0.15) is 0 Å². The van der Waals surface area contributed by atoms with E-state index in [2.05, 4.69) is 35.7 Å². The van der Waals surface area contributed by atoms with Crippen molar-refractivity contribution in [2.75, 3.05) is 26.7 Å². The van der Waals surface area contributed by atoms with Gasteiger partial charge < -0.3 is 10.2 Å². The van der Waals surface area contributed by atoms with Crippen molar-refractivity contribution in [2.24, 2.45) is 5.92 Å². The van der Waals surface area contributed by atoms with Gasteiger partial charge in [-0.3, -0.25) is 4.79 Å². The summed E-state index contributed by atoms with van der Waals surface area (Å²) >= 11 is 1.23. The molecule has 0 unspecified atom stereocenters. The molecule has 1 aliphatic heterocycles. The highest BCUT2D eigenvalue weighted by Crippen LogP contribution is 2.28. The molecule has 1 aliphatic rings. The predicted octanol–water partition coefficient (Wildman–Crippen LogP) is 2.30. The van der Waals surface area contributed by atoms with Gasteiger partial charge in [-0.25, -0.2) is 0 Å². The number of carbonyl (C=O) groups is 1. The number of nitrogens with zero attached hydrogens (tertiary/aromatic N) is 3. The number of hydrogen-bond acceptors (Lipinski definition) is 5. The Morgan fingerprint density at radius 3 is 2.62 bits per heavy atom. The lowest BCUT2D eigenvalue weighted by Gasteiger charge is -2.32. The first-order valence-electron chi connectivity index (χ1n) is 7.70. The molecule has 1 aromatic heterocycles. The van der Waals surface area contributed by atoms with E-state index < -0.39 is 0 Å². The molecule has 118 valence electrons. The molecular weight excluding hydrogens is 284 g/mol. The van der Waals surface area contributed by atoms with Crippen LogP contribution in [-0.4, -0.2) is 47.1 Å². The number of amides is 1. The van der Waals surface area contributed by atoms with E-state index in [0.29, 0.717) is 0 Å². The van der Waals surface area contributed by atoms with Gasteiger partial charge in [0.05, 0.1) is 5.69 Å². The van der Waals surface area contributed by atoms with Crippen LogP contribution in [0.3, 0.4) is 0 Å². The average Bonchev–Trinajstić information content (AvgIpc) is 2.94. The van der Waals surface area contributed by atoms with Crippen molar-refractivity contribution in [1.82, 2.24) is 19.8 Å². The molecule has 0 spiro atoms. The highest BCUT2D eigenvalue weighted by atomic mass is 32.1. The maximum absolute atomic E-state index is 12.7. The van der Waals surface area contributed by atoms with Gasteiger partial charge >= 0.3 is 0 Å². The molecule has 21 heavy (non-hydrogen) atoms. The van der Waals surface area contributed by atoms with E-state index in [1.807, 2.05) is 11.9 Å². The van der Waals surface area contributed by atoms with Gasteiger partial charge in [0.25, 0.3) is 5.91 Å². The second-order valence-corrected chi connectivity index (χ2v) is 7.58. The molecule has 0 aliphatic carbocycles. The Bertz CT molecular complexity index is 472. The van der Waals surface area contributed by atoms with Gasteiger partial charge in [0.2, 0.25) is 0 Å². The van der Waals surface area contributed by atoms with Crippen LogP contribution < -0.4 is 5.32 Å². The Balaban J connectivity index is 1.98. The topological polar surface area (TPSA) is 58.1 Å². The maximum Gasteiger partial charge on any atom is 0.267 e. The summed E-state index contributed by atoms with van der Waals surface area (Å²) in [5.74, 6) is 0.852. The molecular formula is C15H26N4OS. The number of nitrogens with one attached hydrogen (secondary N) is 1. The number of piperidine rings is 1. The fourth-order valence-electron chi connectivity index (χ4n) is 2.74. The molecule has 1 aromatic rings. The summed E-state index contributed by atoms with van der Waals surface area (Å²) in [5, 5.41) is 7.37. The van der Waals surface area contributed by atoms with Gasteiger partial charge in [0.15, 0.2) is 0 Å². The third-order valence-corrected chi connectivity index (χ3v) is 4.81.